The molecule has 0 spiro atoms. The van der Waals surface area contributed by atoms with Gasteiger partial charge in [0.15, 0.2) is 11.6 Å². The number of carbonyl (C=O) groups excluding carboxylic acids is 1. The van der Waals surface area contributed by atoms with Crippen molar-refractivity contribution in [2.24, 2.45) is 0 Å². The van der Waals surface area contributed by atoms with Crippen LogP contribution in [0.2, 0.25) is 0 Å². The number of aromatic nitrogens is 2. The molecule has 19 heavy (non-hydrogen) atoms. The molecule has 0 aromatic carbocycles. The molecule has 1 aromatic heterocycles. The van der Waals surface area contributed by atoms with Crippen LogP contribution < -0.4 is 15.5 Å². The van der Waals surface area contributed by atoms with Crippen LogP contribution in [0.15, 0.2) is 6.20 Å². The number of likely N-dealkylation sites (N-methyl/N-ethyl adjacent to an activating group) is 1. The maximum absolute atomic E-state index is 13.8. The van der Waals surface area contributed by atoms with Gasteiger partial charge in [0, 0.05) is 20.1 Å². The summed E-state index contributed by atoms with van der Waals surface area (Å²) in [4.78, 5) is 21.0. The molecule has 106 valence electrons. The molecule has 1 aromatic rings. The third-order valence-electron chi connectivity index (χ3n) is 2.47. The highest BCUT2D eigenvalue weighted by Gasteiger charge is 2.16. The van der Waals surface area contributed by atoms with Crippen LogP contribution in [0, 0.1) is 5.82 Å². The second-order valence-corrected chi connectivity index (χ2v) is 3.99. The smallest absolute Gasteiger partial charge is 0.239 e. The first-order valence-electron chi connectivity index (χ1n) is 6.34. The van der Waals surface area contributed by atoms with Crippen molar-refractivity contribution in [1.29, 1.82) is 0 Å². The van der Waals surface area contributed by atoms with Crippen LogP contribution in [0.1, 0.15) is 20.3 Å². The van der Waals surface area contributed by atoms with Gasteiger partial charge in [0.25, 0.3) is 0 Å². The molecule has 0 saturated heterocycles. The average molecular weight is 269 g/mol. The molecule has 0 saturated carbocycles. The van der Waals surface area contributed by atoms with E-state index in [9.17, 15) is 9.18 Å². The maximum Gasteiger partial charge on any atom is 0.239 e. The highest BCUT2D eigenvalue weighted by molar-refractivity contribution is 5.80. The topological polar surface area (TPSA) is 70.2 Å². The third kappa shape index (κ3) is 4.35. The summed E-state index contributed by atoms with van der Waals surface area (Å²) < 4.78 is 13.8. The van der Waals surface area contributed by atoms with E-state index >= 15 is 0 Å². The predicted molar refractivity (Wildman–Crippen MR) is 72.7 cm³/mol. The molecular weight excluding hydrogens is 249 g/mol. The molecule has 0 fully saturated rings. The van der Waals surface area contributed by atoms with Crippen molar-refractivity contribution in [3.05, 3.63) is 12.0 Å². The Morgan fingerprint density at radius 1 is 1.47 bits per heavy atom. The largest absolute Gasteiger partial charge is 0.358 e. The second kappa shape index (κ2) is 7.50. The molecule has 0 aliphatic rings. The summed E-state index contributed by atoms with van der Waals surface area (Å²) in [5.74, 6) is -0.205. The van der Waals surface area contributed by atoms with Gasteiger partial charge in [-0.3, -0.25) is 4.79 Å². The first kappa shape index (κ1) is 15.1. The van der Waals surface area contributed by atoms with Crippen molar-refractivity contribution in [3.8, 4) is 0 Å². The lowest BCUT2D eigenvalue weighted by molar-refractivity contribution is -0.119. The van der Waals surface area contributed by atoms with Crippen LogP contribution in [-0.2, 0) is 4.79 Å². The van der Waals surface area contributed by atoms with Gasteiger partial charge in [0.2, 0.25) is 11.9 Å². The Kier molecular flexibility index (Phi) is 5.98. The van der Waals surface area contributed by atoms with Gasteiger partial charge in [-0.05, 0) is 13.3 Å². The molecule has 0 radical (unpaired) electrons. The lowest BCUT2D eigenvalue weighted by Crippen LogP contribution is -2.37. The molecule has 0 aliphatic carbocycles. The molecule has 1 rings (SSSR count). The standard InChI is InChI=1S/C12H20FN5O/c1-4-6-18(8-10(19)14-3)11-9(13)7-16-12(17-11)15-5-2/h7H,4-6,8H2,1-3H3,(H,14,19)(H,15,16,17). The fourth-order valence-electron chi connectivity index (χ4n) is 1.61. The first-order chi connectivity index (χ1) is 9.12. The minimum atomic E-state index is -0.529. The van der Waals surface area contributed by atoms with E-state index in [1.54, 1.807) is 11.9 Å². The number of hydrogen-bond acceptors (Lipinski definition) is 5. The lowest BCUT2D eigenvalue weighted by Gasteiger charge is -2.22. The summed E-state index contributed by atoms with van der Waals surface area (Å²) in [5.41, 5.74) is 0. The molecule has 0 bridgehead atoms. The number of amides is 1. The van der Waals surface area contributed by atoms with E-state index in [1.807, 2.05) is 13.8 Å². The maximum atomic E-state index is 13.8. The Hall–Kier alpha value is -1.92. The molecule has 0 atom stereocenters. The Morgan fingerprint density at radius 2 is 2.21 bits per heavy atom. The van der Waals surface area contributed by atoms with Crippen molar-refractivity contribution < 1.29 is 9.18 Å². The molecule has 1 heterocycles. The summed E-state index contributed by atoms with van der Waals surface area (Å²) in [7, 11) is 1.55. The summed E-state index contributed by atoms with van der Waals surface area (Å²) in [6, 6.07) is 0. The van der Waals surface area contributed by atoms with E-state index in [0.29, 0.717) is 19.0 Å². The zero-order valence-corrected chi connectivity index (χ0v) is 11.5. The second-order valence-electron chi connectivity index (χ2n) is 3.99. The number of rotatable bonds is 7. The normalized spacial score (nSPS) is 10.1. The number of nitrogens with zero attached hydrogens (tertiary/aromatic N) is 3. The molecular formula is C12H20FN5O. The first-order valence-corrected chi connectivity index (χ1v) is 6.34. The summed E-state index contributed by atoms with van der Waals surface area (Å²) >= 11 is 0. The van der Waals surface area contributed by atoms with Crippen LogP contribution in [0.3, 0.4) is 0 Å². The van der Waals surface area contributed by atoms with Crippen LogP contribution in [0.25, 0.3) is 0 Å². The van der Waals surface area contributed by atoms with Crippen molar-refractivity contribution in [2.75, 3.05) is 36.9 Å². The van der Waals surface area contributed by atoms with Gasteiger partial charge < -0.3 is 15.5 Å². The quantitative estimate of drug-likeness (QED) is 0.773. The monoisotopic (exact) mass is 269 g/mol. The molecule has 0 unspecified atom stereocenters. The third-order valence-corrected chi connectivity index (χ3v) is 2.47. The van der Waals surface area contributed by atoms with Crippen LogP contribution in [0.5, 0.6) is 0 Å². The zero-order valence-electron chi connectivity index (χ0n) is 11.5. The summed E-state index contributed by atoms with van der Waals surface area (Å²) in [6.45, 7) is 5.13. The van der Waals surface area contributed by atoms with E-state index in [0.717, 1.165) is 12.6 Å². The molecule has 1 amide bonds. The Labute approximate surface area is 112 Å². The minimum absolute atomic E-state index is 0.0733. The summed E-state index contributed by atoms with van der Waals surface area (Å²) in [6.07, 6.45) is 1.91. The number of anilines is 2. The number of halogens is 1. The lowest BCUT2D eigenvalue weighted by atomic mass is 10.3. The highest BCUT2D eigenvalue weighted by atomic mass is 19.1. The number of hydrogen-bond donors (Lipinski definition) is 2. The Morgan fingerprint density at radius 3 is 2.79 bits per heavy atom. The van der Waals surface area contributed by atoms with Crippen molar-refractivity contribution >= 4 is 17.7 Å². The van der Waals surface area contributed by atoms with Gasteiger partial charge in [0.1, 0.15) is 0 Å². The fourth-order valence-corrected chi connectivity index (χ4v) is 1.61. The van der Waals surface area contributed by atoms with E-state index in [1.165, 1.54) is 0 Å². The average Bonchev–Trinajstić information content (AvgIpc) is 2.40. The zero-order chi connectivity index (χ0) is 14.3. The van der Waals surface area contributed by atoms with Gasteiger partial charge >= 0.3 is 0 Å². The molecule has 0 aliphatic heterocycles. The van der Waals surface area contributed by atoms with E-state index in [-0.39, 0.29) is 18.3 Å². The molecule has 6 nitrogen and oxygen atoms in total. The van der Waals surface area contributed by atoms with Gasteiger partial charge in [-0.15, -0.1) is 0 Å². The summed E-state index contributed by atoms with van der Waals surface area (Å²) in [5, 5.41) is 5.44. The van der Waals surface area contributed by atoms with Crippen LogP contribution >= 0.6 is 0 Å². The van der Waals surface area contributed by atoms with Gasteiger partial charge in [-0.25, -0.2) is 9.37 Å². The number of carbonyl (C=O) groups is 1. The highest BCUT2D eigenvalue weighted by Crippen LogP contribution is 2.17. The van der Waals surface area contributed by atoms with Crippen molar-refractivity contribution in [1.82, 2.24) is 15.3 Å². The van der Waals surface area contributed by atoms with Crippen LogP contribution in [0.4, 0.5) is 16.2 Å². The SMILES string of the molecule is CCCN(CC(=O)NC)c1nc(NCC)ncc1F. The van der Waals surface area contributed by atoms with Gasteiger partial charge in [-0.1, -0.05) is 6.92 Å². The van der Waals surface area contributed by atoms with Crippen LogP contribution in [-0.4, -0.2) is 42.6 Å². The predicted octanol–water partition coefficient (Wildman–Crippen LogP) is 1.01. The fraction of sp³-hybridized carbons (Fsp3) is 0.583. The van der Waals surface area contributed by atoms with E-state index in [4.69, 9.17) is 0 Å². The Balaban J connectivity index is 2.99. The number of nitrogens with one attached hydrogen (secondary N) is 2. The molecule has 7 heteroatoms. The van der Waals surface area contributed by atoms with Crippen molar-refractivity contribution in [3.63, 3.8) is 0 Å². The van der Waals surface area contributed by atoms with E-state index in [2.05, 4.69) is 20.6 Å². The van der Waals surface area contributed by atoms with E-state index < -0.39 is 5.82 Å². The minimum Gasteiger partial charge on any atom is -0.358 e. The molecule has 2 N–H and O–H groups in total. The Bertz CT molecular complexity index is 427. The van der Waals surface area contributed by atoms with Gasteiger partial charge in [-0.2, -0.15) is 4.98 Å². The van der Waals surface area contributed by atoms with Gasteiger partial charge in [0.05, 0.1) is 12.7 Å². The van der Waals surface area contributed by atoms with Crippen molar-refractivity contribution in [2.45, 2.75) is 20.3 Å².